The van der Waals surface area contributed by atoms with Crippen LogP contribution in [0.5, 0.6) is 0 Å². The Balaban J connectivity index is 2.99. The Morgan fingerprint density at radius 2 is 1.44 bits per heavy atom. The van der Waals surface area contributed by atoms with Crippen LogP contribution in [0.25, 0.3) is 0 Å². The number of benzene rings is 1. The quantitative estimate of drug-likeness (QED) is 0.453. The summed E-state index contributed by atoms with van der Waals surface area (Å²) < 4.78 is 13.9. The maximum absolute atomic E-state index is 11.2. The van der Waals surface area contributed by atoms with Crippen molar-refractivity contribution in [2.24, 2.45) is 4.99 Å². The molecule has 0 atom stereocenters. The Morgan fingerprint density at radius 3 is 1.89 bits per heavy atom. The van der Waals surface area contributed by atoms with E-state index in [1.807, 2.05) is 0 Å². The van der Waals surface area contributed by atoms with Crippen LogP contribution in [-0.2, 0) is 14.2 Å². The van der Waals surface area contributed by atoms with E-state index < -0.39 is 12.1 Å². The predicted molar refractivity (Wildman–Crippen MR) is 63.7 cm³/mol. The third-order valence-corrected chi connectivity index (χ3v) is 2.11. The average Bonchev–Trinajstić information content (AvgIpc) is 2.43. The number of aliphatic imine (C=N–C) groups is 1. The molecular formula is C12H13NO5. The van der Waals surface area contributed by atoms with Crippen LogP contribution in [0.4, 0.5) is 4.79 Å². The van der Waals surface area contributed by atoms with Gasteiger partial charge in [0.25, 0.3) is 0 Å². The SMILES string of the molecule is COC(=O)N=C(OC)c1ccc(C(=O)OC)cc1. The molecule has 0 bridgehead atoms. The van der Waals surface area contributed by atoms with E-state index in [-0.39, 0.29) is 5.90 Å². The Hall–Kier alpha value is -2.37. The number of nitrogens with zero attached hydrogens (tertiary/aromatic N) is 1. The predicted octanol–water partition coefficient (Wildman–Crippen LogP) is 1.63. The van der Waals surface area contributed by atoms with Gasteiger partial charge in [0, 0.05) is 5.56 Å². The molecule has 0 saturated heterocycles. The number of carbonyl (C=O) groups excluding carboxylic acids is 2. The summed E-state index contributed by atoms with van der Waals surface area (Å²) in [5.41, 5.74) is 0.949. The minimum Gasteiger partial charge on any atom is -0.480 e. The van der Waals surface area contributed by atoms with Crippen LogP contribution in [0.15, 0.2) is 29.3 Å². The monoisotopic (exact) mass is 251 g/mol. The highest BCUT2D eigenvalue weighted by molar-refractivity contribution is 6.00. The van der Waals surface area contributed by atoms with Crippen LogP contribution >= 0.6 is 0 Å². The van der Waals surface area contributed by atoms with Gasteiger partial charge in [-0.3, -0.25) is 0 Å². The molecule has 0 aliphatic heterocycles. The lowest BCUT2D eigenvalue weighted by Gasteiger charge is -2.05. The normalized spacial score (nSPS) is 10.7. The summed E-state index contributed by atoms with van der Waals surface area (Å²) >= 11 is 0. The Labute approximate surface area is 104 Å². The summed E-state index contributed by atoms with van der Waals surface area (Å²) in [5, 5.41) is 0. The molecule has 1 rings (SSSR count). The third-order valence-electron chi connectivity index (χ3n) is 2.11. The molecule has 6 nitrogen and oxygen atoms in total. The van der Waals surface area contributed by atoms with Crippen LogP contribution in [0.1, 0.15) is 15.9 Å². The highest BCUT2D eigenvalue weighted by atomic mass is 16.5. The molecule has 18 heavy (non-hydrogen) atoms. The first kappa shape index (κ1) is 13.7. The van der Waals surface area contributed by atoms with Crippen molar-refractivity contribution in [3.63, 3.8) is 0 Å². The van der Waals surface area contributed by atoms with Gasteiger partial charge in [0.15, 0.2) is 0 Å². The molecule has 0 unspecified atom stereocenters. The number of amides is 1. The number of hydrogen-bond acceptors (Lipinski definition) is 5. The number of methoxy groups -OCH3 is 3. The van der Waals surface area contributed by atoms with Gasteiger partial charge in [0.1, 0.15) is 0 Å². The smallest absolute Gasteiger partial charge is 0.436 e. The molecule has 0 radical (unpaired) electrons. The zero-order valence-electron chi connectivity index (χ0n) is 10.3. The van der Waals surface area contributed by atoms with Gasteiger partial charge in [0.2, 0.25) is 5.90 Å². The van der Waals surface area contributed by atoms with Gasteiger partial charge in [-0.1, -0.05) is 0 Å². The standard InChI is InChI=1S/C12H13NO5/c1-16-10(13-12(15)18-3)8-4-6-9(7-5-8)11(14)17-2/h4-7H,1-3H3. The Kier molecular flexibility index (Phi) is 4.86. The lowest BCUT2D eigenvalue weighted by molar-refractivity contribution is 0.0600. The summed E-state index contributed by atoms with van der Waals surface area (Å²) in [7, 11) is 3.91. The average molecular weight is 251 g/mol. The zero-order valence-corrected chi connectivity index (χ0v) is 10.3. The van der Waals surface area contributed by atoms with Crippen LogP contribution in [0.3, 0.4) is 0 Å². The molecule has 0 aliphatic carbocycles. The molecular weight excluding hydrogens is 238 g/mol. The Bertz CT molecular complexity index is 464. The van der Waals surface area contributed by atoms with Crippen LogP contribution in [0, 0.1) is 0 Å². The molecule has 0 saturated carbocycles. The molecule has 1 aromatic carbocycles. The lowest BCUT2D eigenvalue weighted by atomic mass is 10.1. The van der Waals surface area contributed by atoms with Gasteiger partial charge in [-0.2, -0.15) is 0 Å². The molecule has 6 heteroatoms. The molecule has 0 fully saturated rings. The van der Waals surface area contributed by atoms with Crippen molar-refractivity contribution in [3.05, 3.63) is 35.4 Å². The second-order valence-corrected chi connectivity index (χ2v) is 3.16. The van der Waals surface area contributed by atoms with Crippen molar-refractivity contribution in [2.75, 3.05) is 21.3 Å². The first-order valence-electron chi connectivity index (χ1n) is 5.01. The van der Waals surface area contributed by atoms with Crippen LogP contribution < -0.4 is 0 Å². The second-order valence-electron chi connectivity index (χ2n) is 3.16. The number of ether oxygens (including phenoxy) is 3. The molecule has 0 aromatic heterocycles. The molecule has 0 N–H and O–H groups in total. The van der Waals surface area contributed by atoms with E-state index in [0.717, 1.165) is 0 Å². The first-order chi connectivity index (χ1) is 8.62. The molecule has 0 aliphatic rings. The summed E-state index contributed by atoms with van der Waals surface area (Å²) in [6.07, 6.45) is -0.760. The highest BCUT2D eigenvalue weighted by Crippen LogP contribution is 2.08. The summed E-state index contributed by atoms with van der Waals surface area (Å²) in [6, 6.07) is 6.29. The zero-order chi connectivity index (χ0) is 13.5. The highest BCUT2D eigenvalue weighted by Gasteiger charge is 2.09. The fourth-order valence-electron chi connectivity index (χ4n) is 1.22. The minimum absolute atomic E-state index is 0.110. The van der Waals surface area contributed by atoms with Gasteiger partial charge in [-0.05, 0) is 24.3 Å². The third kappa shape index (κ3) is 3.31. The lowest BCUT2D eigenvalue weighted by Crippen LogP contribution is -2.08. The summed E-state index contributed by atoms with van der Waals surface area (Å²) in [5.74, 6) is -0.330. The largest absolute Gasteiger partial charge is 0.480 e. The van der Waals surface area contributed by atoms with Crippen molar-refractivity contribution < 1.29 is 23.8 Å². The van der Waals surface area contributed by atoms with Crippen molar-refractivity contribution in [1.82, 2.24) is 0 Å². The van der Waals surface area contributed by atoms with Crippen molar-refractivity contribution >= 4 is 18.0 Å². The fourth-order valence-corrected chi connectivity index (χ4v) is 1.22. The molecule has 0 spiro atoms. The van der Waals surface area contributed by atoms with E-state index in [1.165, 1.54) is 21.3 Å². The number of hydrogen-bond donors (Lipinski definition) is 0. The van der Waals surface area contributed by atoms with Crippen molar-refractivity contribution in [1.29, 1.82) is 0 Å². The molecule has 96 valence electrons. The molecule has 1 amide bonds. The number of carbonyl (C=O) groups is 2. The van der Waals surface area contributed by atoms with Gasteiger partial charge in [0.05, 0.1) is 26.9 Å². The number of esters is 1. The van der Waals surface area contributed by atoms with E-state index in [2.05, 4.69) is 14.5 Å². The van der Waals surface area contributed by atoms with E-state index in [9.17, 15) is 9.59 Å². The maximum Gasteiger partial charge on any atom is 0.436 e. The fraction of sp³-hybridized carbons (Fsp3) is 0.250. The van der Waals surface area contributed by atoms with E-state index in [4.69, 9.17) is 4.74 Å². The van der Waals surface area contributed by atoms with Crippen molar-refractivity contribution in [3.8, 4) is 0 Å². The van der Waals surface area contributed by atoms with Gasteiger partial charge in [-0.25, -0.2) is 9.59 Å². The minimum atomic E-state index is -0.760. The van der Waals surface area contributed by atoms with Crippen LogP contribution in [-0.4, -0.2) is 39.3 Å². The van der Waals surface area contributed by atoms with Crippen molar-refractivity contribution in [2.45, 2.75) is 0 Å². The van der Waals surface area contributed by atoms with Gasteiger partial charge in [-0.15, -0.1) is 4.99 Å². The summed E-state index contributed by atoms with van der Waals surface area (Å²) in [6.45, 7) is 0. The summed E-state index contributed by atoms with van der Waals surface area (Å²) in [4.78, 5) is 25.8. The van der Waals surface area contributed by atoms with Crippen LogP contribution in [0.2, 0.25) is 0 Å². The first-order valence-corrected chi connectivity index (χ1v) is 5.01. The maximum atomic E-state index is 11.2. The van der Waals surface area contributed by atoms with Gasteiger partial charge >= 0.3 is 12.1 Å². The Morgan fingerprint density at radius 1 is 0.889 bits per heavy atom. The molecule has 0 heterocycles. The topological polar surface area (TPSA) is 74.2 Å². The molecule has 1 aromatic rings. The van der Waals surface area contributed by atoms with Gasteiger partial charge < -0.3 is 14.2 Å². The van der Waals surface area contributed by atoms with E-state index in [1.54, 1.807) is 24.3 Å². The van der Waals surface area contributed by atoms with E-state index in [0.29, 0.717) is 11.1 Å². The number of rotatable bonds is 2. The van der Waals surface area contributed by atoms with E-state index >= 15 is 0 Å². The second kappa shape index (κ2) is 6.39.